The van der Waals surface area contributed by atoms with Crippen molar-refractivity contribution in [3.63, 3.8) is 0 Å². The standard InChI is InChI=1S/C27H40O2.2C2H6/c1-18(26(4,5)6)12-11-17-27(7,8)19(2)15-16-21-20(3)24(28)22-13-9-10-14-23(22)25(21)29;2*1-2/h9-10,13-14,18-19H,11-12,15-17H2,1-8H3;2*1-2H3. The number of fused-ring (bicyclic) bond motifs is 1. The number of benzene rings is 1. The van der Waals surface area contributed by atoms with Gasteiger partial charge in [0.1, 0.15) is 0 Å². The Kier molecular flexibility index (Phi) is 13.2. The predicted octanol–water partition coefficient (Wildman–Crippen LogP) is 9.73. The first-order chi connectivity index (χ1) is 15.4. The van der Waals surface area contributed by atoms with Gasteiger partial charge >= 0.3 is 0 Å². The van der Waals surface area contributed by atoms with Crippen molar-refractivity contribution in [2.24, 2.45) is 22.7 Å². The van der Waals surface area contributed by atoms with Gasteiger partial charge in [-0.2, -0.15) is 0 Å². The molecule has 1 aromatic carbocycles. The van der Waals surface area contributed by atoms with Gasteiger partial charge in [-0.15, -0.1) is 0 Å². The molecule has 2 nitrogen and oxygen atoms in total. The van der Waals surface area contributed by atoms with Gasteiger partial charge in [-0.1, -0.05) is 113 Å². The fraction of sp³-hybridized carbons (Fsp3) is 0.677. The normalized spacial score (nSPS) is 15.6. The van der Waals surface area contributed by atoms with Crippen LogP contribution in [0.4, 0.5) is 0 Å². The molecule has 0 saturated heterocycles. The van der Waals surface area contributed by atoms with E-state index in [-0.39, 0.29) is 17.0 Å². The van der Waals surface area contributed by atoms with Crippen molar-refractivity contribution in [2.45, 2.75) is 115 Å². The maximum Gasteiger partial charge on any atom is 0.190 e. The maximum atomic E-state index is 13.0. The second-order valence-electron chi connectivity index (χ2n) is 10.9. The first-order valence-corrected chi connectivity index (χ1v) is 13.2. The summed E-state index contributed by atoms with van der Waals surface area (Å²) in [6.45, 7) is 26.1. The van der Waals surface area contributed by atoms with Crippen molar-refractivity contribution >= 4 is 11.6 Å². The zero-order valence-corrected chi connectivity index (χ0v) is 23.8. The molecule has 1 aliphatic carbocycles. The quantitative estimate of drug-likeness (QED) is 0.390. The summed E-state index contributed by atoms with van der Waals surface area (Å²) >= 11 is 0. The van der Waals surface area contributed by atoms with Crippen LogP contribution in [0.3, 0.4) is 0 Å². The topological polar surface area (TPSA) is 34.1 Å². The van der Waals surface area contributed by atoms with E-state index in [1.165, 1.54) is 19.3 Å². The van der Waals surface area contributed by atoms with E-state index in [9.17, 15) is 9.59 Å². The van der Waals surface area contributed by atoms with E-state index < -0.39 is 0 Å². The summed E-state index contributed by atoms with van der Waals surface area (Å²) in [6.07, 6.45) is 5.32. The minimum Gasteiger partial charge on any atom is -0.289 e. The van der Waals surface area contributed by atoms with Crippen LogP contribution in [0.1, 0.15) is 136 Å². The molecule has 2 atom stereocenters. The van der Waals surface area contributed by atoms with Crippen LogP contribution in [-0.4, -0.2) is 11.6 Å². The number of carbonyl (C=O) groups is 2. The van der Waals surface area contributed by atoms with Crippen molar-refractivity contribution in [2.75, 3.05) is 0 Å². The second kappa shape index (κ2) is 13.9. The lowest BCUT2D eigenvalue weighted by Crippen LogP contribution is -2.25. The van der Waals surface area contributed by atoms with Gasteiger partial charge < -0.3 is 0 Å². The minimum atomic E-state index is 0.0123. The van der Waals surface area contributed by atoms with E-state index in [0.717, 1.165) is 12.0 Å². The average molecular weight is 457 g/mol. The van der Waals surface area contributed by atoms with E-state index in [2.05, 4.69) is 48.5 Å². The predicted molar refractivity (Wildman–Crippen MR) is 145 cm³/mol. The Morgan fingerprint density at radius 3 is 1.73 bits per heavy atom. The van der Waals surface area contributed by atoms with Crippen molar-refractivity contribution in [3.8, 4) is 0 Å². The second-order valence-corrected chi connectivity index (χ2v) is 10.9. The summed E-state index contributed by atoms with van der Waals surface area (Å²) in [6, 6.07) is 7.21. The Labute approximate surface area is 205 Å². The molecule has 1 aliphatic rings. The molecule has 2 heteroatoms. The van der Waals surface area contributed by atoms with Gasteiger partial charge in [0.2, 0.25) is 0 Å². The van der Waals surface area contributed by atoms with Crippen molar-refractivity contribution < 1.29 is 9.59 Å². The minimum absolute atomic E-state index is 0.0123. The molecule has 0 aliphatic heterocycles. The number of hydrogen-bond acceptors (Lipinski definition) is 2. The number of carbonyl (C=O) groups excluding carboxylic acids is 2. The van der Waals surface area contributed by atoms with E-state index in [4.69, 9.17) is 0 Å². The van der Waals surface area contributed by atoms with Crippen LogP contribution in [0.5, 0.6) is 0 Å². The lowest BCUT2D eigenvalue weighted by molar-refractivity contribution is 0.0969. The molecule has 0 radical (unpaired) electrons. The van der Waals surface area contributed by atoms with Crippen LogP contribution < -0.4 is 0 Å². The molecule has 0 bridgehead atoms. The zero-order chi connectivity index (χ0) is 26.0. The number of allylic oxidation sites excluding steroid dienone is 2. The van der Waals surface area contributed by atoms with Gasteiger partial charge in [0, 0.05) is 22.3 Å². The Balaban J connectivity index is 0.00000242. The largest absolute Gasteiger partial charge is 0.289 e. The molecule has 1 aromatic rings. The third-order valence-corrected chi connectivity index (χ3v) is 7.58. The molecule has 2 unspecified atom stereocenters. The summed E-state index contributed by atoms with van der Waals surface area (Å²) in [5.41, 5.74) is 3.08. The van der Waals surface area contributed by atoms with Crippen LogP contribution in [0.25, 0.3) is 0 Å². The Bertz CT molecular complexity index is 789. The average Bonchev–Trinajstić information content (AvgIpc) is 2.79. The number of ketones is 2. The molecule has 0 spiro atoms. The molecule has 2 rings (SSSR count). The van der Waals surface area contributed by atoms with Gasteiger partial charge in [0.05, 0.1) is 0 Å². The lowest BCUT2D eigenvalue weighted by atomic mass is 9.71. The highest BCUT2D eigenvalue weighted by atomic mass is 16.1. The highest BCUT2D eigenvalue weighted by Crippen LogP contribution is 2.39. The van der Waals surface area contributed by atoms with E-state index in [0.29, 0.717) is 40.4 Å². The van der Waals surface area contributed by atoms with Crippen LogP contribution in [-0.2, 0) is 0 Å². The SMILES string of the molecule is CC.CC.CC1=C(CCC(C)C(C)(C)CCCC(C)C(C)(C)C)C(=O)c2ccccc2C1=O. The molecule has 33 heavy (non-hydrogen) atoms. The molecule has 0 amide bonds. The van der Waals surface area contributed by atoms with Gasteiger partial charge in [-0.05, 0) is 48.9 Å². The molecule has 0 saturated carbocycles. The number of Topliss-reactive ketones (excluding diaryl/α,β-unsaturated/α-hetero) is 2. The summed E-state index contributed by atoms with van der Waals surface area (Å²) in [7, 11) is 0. The van der Waals surface area contributed by atoms with E-state index in [1.54, 1.807) is 12.1 Å². The molecule has 0 fully saturated rings. The van der Waals surface area contributed by atoms with Crippen molar-refractivity contribution in [3.05, 3.63) is 46.5 Å². The molecular weight excluding hydrogens is 404 g/mol. The summed E-state index contributed by atoms with van der Waals surface area (Å²) in [5, 5.41) is 0. The van der Waals surface area contributed by atoms with Gasteiger partial charge in [0.15, 0.2) is 11.6 Å². The van der Waals surface area contributed by atoms with Gasteiger partial charge in [-0.25, -0.2) is 0 Å². The summed E-state index contributed by atoms with van der Waals surface area (Å²) < 4.78 is 0. The highest BCUT2D eigenvalue weighted by molar-refractivity contribution is 6.26. The zero-order valence-electron chi connectivity index (χ0n) is 23.8. The van der Waals surface area contributed by atoms with Crippen LogP contribution >= 0.6 is 0 Å². The smallest absolute Gasteiger partial charge is 0.190 e. The van der Waals surface area contributed by atoms with Crippen molar-refractivity contribution in [1.82, 2.24) is 0 Å². The fourth-order valence-corrected chi connectivity index (χ4v) is 4.15. The first kappa shape index (κ1) is 31.3. The van der Waals surface area contributed by atoms with Gasteiger partial charge in [-0.3, -0.25) is 9.59 Å². The Hall–Kier alpha value is -1.70. The Morgan fingerprint density at radius 2 is 1.24 bits per heavy atom. The Morgan fingerprint density at radius 1 is 0.758 bits per heavy atom. The number of rotatable bonds is 8. The summed E-state index contributed by atoms with van der Waals surface area (Å²) in [4.78, 5) is 25.7. The summed E-state index contributed by atoms with van der Waals surface area (Å²) in [5.74, 6) is 1.26. The third kappa shape index (κ3) is 8.54. The van der Waals surface area contributed by atoms with Crippen LogP contribution in [0.2, 0.25) is 0 Å². The van der Waals surface area contributed by atoms with Crippen molar-refractivity contribution in [1.29, 1.82) is 0 Å². The monoisotopic (exact) mass is 456 g/mol. The first-order valence-electron chi connectivity index (χ1n) is 13.2. The molecule has 0 N–H and O–H groups in total. The fourth-order valence-electron chi connectivity index (χ4n) is 4.15. The van der Waals surface area contributed by atoms with E-state index >= 15 is 0 Å². The number of hydrogen-bond donors (Lipinski definition) is 0. The molecule has 0 aromatic heterocycles. The molecule has 0 heterocycles. The third-order valence-electron chi connectivity index (χ3n) is 7.58. The van der Waals surface area contributed by atoms with Gasteiger partial charge in [0.25, 0.3) is 0 Å². The lowest BCUT2D eigenvalue weighted by Gasteiger charge is -2.34. The highest BCUT2D eigenvalue weighted by Gasteiger charge is 2.31. The maximum absolute atomic E-state index is 13.0. The van der Waals surface area contributed by atoms with E-state index in [1.807, 2.05) is 46.8 Å². The van der Waals surface area contributed by atoms with Crippen LogP contribution in [0, 0.1) is 22.7 Å². The van der Waals surface area contributed by atoms with Crippen LogP contribution in [0.15, 0.2) is 35.4 Å². The molecular formula is C31H52O2. The molecule has 188 valence electrons.